The number of hydrogen-bond donors (Lipinski definition) is 1. The van der Waals surface area contributed by atoms with Gasteiger partial charge in [0.1, 0.15) is 19.3 Å². The van der Waals surface area contributed by atoms with Gasteiger partial charge in [-0.25, -0.2) is 4.57 Å². The maximum absolute atomic E-state index is 12.7. The van der Waals surface area contributed by atoms with E-state index in [1.807, 2.05) is 21.1 Å². The summed E-state index contributed by atoms with van der Waals surface area (Å²) in [5, 5.41) is 0. The molecule has 0 bridgehead atoms. The largest absolute Gasteiger partial charge is 0.472 e. The van der Waals surface area contributed by atoms with Gasteiger partial charge in [0.25, 0.3) is 0 Å². The maximum atomic E-state index is 12.7. The predicted molar refractivity (Wildman–Crippen MR) is 242 cm³/mol. The average molecular weight is 823 g/mol. The van der Waals surface area contributed by atoms with Crippen LogP contribution < -0.4 is 0 Å². The molecule has 0 heterocycles. The first kappa shape index (κ1) is 55.2. The molecule has 0 aromatic rings. The first-order valence-electron chi connectivity index (χ1n) is 23.0. The number of carbonyl (C=O) groups is 1. The molecular weight excluding hydrogens is 734 g/mol. The molecule has 332 valence electrons. The van der Waals surface area contributed by atoms with Crippen LogP contribution in [0, 0.1) is 0 Å². The van der Waals surface area contributed by atoms with Crippen molar-refractivity contribution < 1.29 is 37.3 Å². The van der Waals surface area contributed by atoms with Gasteiger partial charge in [0.2, 0.25) is 0 Å². The summed E-state index contributed by atoms with van der Waals surface area (Å²) in [6.45, 7) is 5.46. The summed E-state index contributed by atoms with van der Waals surface area (Å²) in [6.07, 6.45) is 51.1. The van der Waals surface area contributed by atoms with Gasteiger partial charge in [0, 0.05) is 13.0 Å². The summed E-state index contributed by atoms with van der Waals surface area (Å²) in [4.78, 5) is 22.9. The van der Waals surface area contributed by atoms with E-state index in [-0.39, 0.29) is 25.8 Å². The SMILES string of the molecule is CC/C=C\C/C=C\C/C=C\CCCCCCCCCC(=O)OC(COCCCCCCCCCC/C=C\C/C=C\CCCCC)COP(=O)(O)OCC[N+](C)(C)C. The summed E-state index contributed by atoms with van der Waals surface area (Å²) in [6, 6.07) is 0. The van der Waals surface area contributed by atoms with Gasteiger partial charge in [-0.15, -0.1) is 0 Å². The minimum atomic E-state index is -4.28. The Kier molecular flexibility index (Phi) is 39.7. The van der Waals surface area contributed by atoms with E-state index < -0.39 is 13.9 Å². The first-order chi connectivity index (χ1) is 27.6. The van der Waals surface area contributed by atoms with Gasteiger partial charge in [-0.3, -0.25) is 13.8 Å². The van der Waals surface area contributed by atoms with E-state index in [0.717, 1.165) is 64.2 Å². The number of allylic oxidation sites excluding steroid dienone is 10. The normalized spacial score (nSPS) is 14.3. The van der Waals surface area contributed by atoms with E-state index in [4.69, 9.17) is 18.5 Å². The summed E-state index contributed by atoms with van der Waals surface area (Å²) in [5.74, 6) is -0.327. The topological polar surface area (TPSA) is 91.3 Å². The van der Waals surface area contributed by atoms with E-state index in [2.05, 4.69) is 74.6 Å². The lowest BCUT2D eigenvalue weighted by Gasteiger charge is -2.24. The Morgan fingerprint density at radius 1 is 0.561 bits per heavy atom. The molecular formula is C48H89NO7P+. The van der Waals surface area contributed by atoms with E-state index in [9.17, 15) is 14.3 Å². The lowest BCUT2D eigenvalue weighted by atomic mass is 10.1. The lowest BCUT2D eigenvalue weighted by molar-refractivity contribution is -0.870. The highest BCUT2D eigenvalue weighted by Gasteiger charge is 2.26. The Balaban J connectivity index is 4.24. The van der Waals surface area contributed by atoms with Gasteiger partial charge < -0.3 is 18.9 Å². The van der Waals surface area contributed by atoms with Crippen molar-refractivity contribution in [3.8, 4) is 0 Å². The van der Waals surface area contributed by atoms with Crippen LogP contribution in [0.4, 0.5) is 0 Å². The molecule has 2 unspecified atom stereocenters. The number of esters is 1. The highest BCUT2D eigenvalue weighted by Crippen LogP contribution is 2.43. The number of carbonyl (C=O) groups excluding carboxylic acids is 1. The summed E-state index contributed by atoms with van der Waals surface area (Å²) in [7, 11) is 1.65. The third kappa shape index (κ3) is 45.1. The third-order valence-electron chi connectivity index (χ3n) is 9.56. The molecule has 8 nitrogen and oxygen atoms in total. The van der Waals surface area contributed by atoms with Gasteiger partial charge in [-0.1, -0.05) is 158 Å². The molecule has 0 fully saturated rings. The van der Waals surface area contributed by atoms with E-state index >= 15 is 0 Å². The highest BCUT2D eigenvalue weighted by molar-refractivity contribution is 7.47. The van der Waals surface area contributed by atoms with Gasteiger partial charge in [0.15, 0.2) is 0 Å². The number of quaternary nitrogens is 1. The number of nitrogens with zero attached hydrogens (tertiary/aromatic N) is 1. The Labute approximate surface area is 351 Å². The monoisotopic (exact) mass is 823 g/mol. The zero-order valence-electron chi connectivity index (χ0n) is 37.6. The molecule has 2 atom stereocenters. The number of ether oxygens (including phenoxy) is 2. The fourth-order valence-corrected chi connectivity index (χ4v) is 6.75. The van der Waals surface area contributed by atoms with Crippen molar-refractivity contribution in [2.75, 3.05) is 54.1 Å². The first-order valence-corrected chi connectivity index (χ1v) is 24.5. The molecule has 1 N–H and O–H groups in total. The Morgan fingerprint density at radius 3 is 1.53 bits per heavy atom. The molecule has 0 aliphatic heterocycles. The van der Waals surface area contributed by atoms with Crippen LogP contribution in [0.2, 0.25) is 0 Å². The maximum Gasteiger partial charge on any atom is 0.472 e. The second-order valence-electron chi connectivity index (χ2n) is 16.4. The van der Waals surface area contributed by atoms with Crippen LogP contribution in [0.3, 0.4) is 0 Å². The zero-order valence-corrected chi connectivity index (χ0v) is 38.5. The molecule has 57 heavy (non-hydrogen) atoms. The number of phosphoric ester groups is 1. The lowest BCUT2D eigenvalue weighted by Crippen LogP contribution is -2.37. The van der Waals surface area contributed by atoms with Crippen molar-refractivity contribution in [1.29, 1.82) is 0 Å². The molecule has 0 amide bonds. The van der Waals surface area contributed by atoms with Crippen molar-refractivity contribution >= 4 is 13.8 Å². The minimum absolute atomic E-state index is 0.0828. The van der Waals surface area contributed by atoms with E-state index in [1.165, 1.54) is 96.3 Å². The van der Waals surface area contributed by atoms with Crippen LogP contribution in [-0.4, -0.2) is 75.6 Å². The van der Waals surface area contributed by atoms with Crippen LogP contribution in [0.1, 0.15) is 181 Å². The van der Waals surface area contributed by atoms with E-state index in [0.29, 0.717) is 24.1 Å². The third-order valence-corrected chi connectivity index (χ3v) is 10.5. The number of rotatable bonds is 42. The summed E-state index contributed by atoms with van der Waals surface area (Å²) >= 11 is 0. The number of phosphoric acid groups is 1. The molecule has 0 aromatic carbocycles. The summed E-state index contributed by atoms with van der Waals surface area (Å²) < 4.78 is 35.0. The molecule has 0 aliphatic carbocycles. The van der Waals surface area contributed by atoms with Crippen molar-refractivity contribution in [3.05, 3.63) is 60.8 Å². The van der Waals surface area contributed by atoms with Crippen LogP contribution in [0.5, 0.6) is 0 Å². The van der Waals surface area contributed by atoms with Crippen LogP contribution in [-0.2, 0) is 27.9 Å². The predicted octanol–water partition coefficient (Wildman–Crippen LogP) is 13.7. The molecule has 0 saturated heterocycles. The van der Waals surface area contributed by atoms with Crippen molar-refractivity contribution in [2.24, 2.45) is 0 Å². The van der Waals surface area contributed by atoms with Crippen molar-refractivity contribution in [1.82, 2.24) is 0 Å². The molecule has 9 heteroatoms. The van der Waals surface area contributed by atoms with Crippen LogP contribution >= 0.6 is 7.82 Å². The fraction of sp³-hybridized carbons (Fsp3) is 0.771. The van der Waals surface area contributed by atoms with Crippen molar-refractivity contribution in [3.63, 3.8) is 0 Å². The van der Waals surface area contributed by atoms with Crippen molar-refractivity contribution in [2.45, 2.75) is 187 Å². The van der Waals surface area contributed by atoms with Crippen LogP contribution in [0.15, 0.2) is 60.8 Å². The second-order valence-corrected chi connectivity index (χ2v) is 17.9. The minimum Gasteiger partial charge on any atom is -0.457 e. The average Bonchev–Trinajstić information content (AvgIpc) is 3.16. The summed E-state index contributed by atoms with van der Waals surface area (Å²) in [5.41, 5.74) is 0. The molecule has 0 spiro atoms. The van der Waals surface area contributed by atoms with Crippen LogP contribution in [0.25, 0.3) is 0 Å². The molecule has 0 saturated carbocycles. The Bertz CT molecular complexity index is 1090. The Morgan fingerprint density at radius 2 is 1.02 bits per heavy atom. The van der Waals surface area contributed by atoms with Gasteiger partial charge in [-0.05, 0) is 77.0 Å². The number of hydrogen-bond acceptors (Lipinski definition) is 6. The number of unbranched alkanes of at least 4 members (excludes halogenated alkanes) is 18. The molecule has 0 aromatic heterocycles. The van der Waals surface area contributed by atoms with Gasteiger partial charge in [0.05, 0.1) is 34.4 Å². The highest BCUT2D eigenvalue weighted by atomic mass is 31.2. The smallest absolute Gasteiger partial charge is 0.457 e. The number of likely N-dealkylation sites (N-methyl/N-ethyl adjacent to an activating group) is 1. The fourth-order valence-electron chi connectivity index (χ4n) is 6.01. The molecule has 0 rings (SSSR count). The zero-order chi connectivity index (χ0) is 42.0. The van der Waals surface area contributed by atoms with Gasteiger partial charge >= 0.3 is 13.8 Å². The quantitative estimate of drug-likeness (QED) is 0.0215. The van der Waals surface area contributed by atoms with E-state index in [1.54, 1.807) is 0 Å². The standard InChI is InChI=1S/C48H88NO7P/c1-6-8-10-12-14-16-18-20-22-24-26-28-30-32-34-36-38-40-43-53-45-47(46-55-57(51,52)54-44-42-49(3,4)5)56-48(50)41-39-37-35-33-31-29-27-25-23-21-19-17-15-13-11-9-7-2/h9,11,14-17,20-23,47H,6-8,10,12-13,18-19,24-46H2,1-5H3/p+1/b11-9-,16-14-,17-15-,22-20-,23-21-. The van der Waals surface area contributed by atoms with Gasteiger partial charge in [-0.2, -0.15) is 0 Å². The molecule has 0 aliphatic rings. The second kappa shape index (κ2) is 41.0. The Hall–Kier alpha value is -1.80. The molecule has 0 radical (unpaired) electrons.